The van der Waals surface area contributed by atoms with E-state index < -0.39 is 0 Å². The highest BCUT2D eigenvalue weighted by Gasteiger charge is 2.17. The van der Waals surface area contributed by atoms with Crippen LogP contribution in [0.2, 0.25) is 5.02 Å². The summed E-state index contributed by atoms with van der Waals surface area (Å²) >= 11 is 5.96. The Labute approximate surface area is 221 Å². The Bertz CT molecular complexity index is 1310. The van der Waals surface area contributed by atoms with Crippen molar-refractivity contribution in [3.05, 3.63) is 114 Å². The summed E-state index contributed by atoms with van der Waals surface area (Å²) in [4.78, 5) is 27.1. The molecule has 0 heterocycles. The van der Waals surface area contributed by atoms with Gasteiger partial charge in [0.1, 0.15) is 11.5 Å². The second kappa shape index (κ2) is 12.5. The number of urea groups is 2. The quantitative estimate of drug-likeness (QED) is 0.231. The second-order valence-corrected chi connectivity index (χ2v) is 8.68. The molecule has 0 bridgehead atoms. The molecule has 37 heavy (non-hydrogen) atoms. The van der Waals surface area contributed by atoms with Gasteiger partial charge in [0.05, 0.1) is 0 Å². The molecule has 0 spiro atoms. The molecule has 0 aliphatic carbocycles. The Morgan fingerprint density at radius 2 is 1.35 bits per heavy atom. The van der Waals surface area contributed by atoms with Gasteiger partial charge in [-0.2, -0.15) is 0 Å². The lowest BCUT2D eigenvalue weighted by atomic mass is 10.2. The fourth-order valence-electron chi connectivity index (χ4n) is 3.48. The van der Waals surface area contributed by atoms with Gasteiger partial charge in [-0.05, 0) is 79.7 Å². The van der Waals surface area contributed by atoms with E-state index in [9.17, 15) is 9.59 Å². The van der Waals surface area contributed by atoms with Crippen molar-refractivity contribution in [2.45, 2.75) is 6.92 Å². The molecule has 0 saturated carbocycles. The zero-order valence-corrected chi connectivity index (χ0v) is 21.0. The topological polar surface area (TPSA) is 82.7 Å². The summed E-state index contributed by atoms with van der Waals surface area (Å²) in [6.07, 6.45) is 0. The minimum Gasteiger partial charge on any atom is -0.457 e. The van der Waals surface area contributed by atoms with Crippen molar-refractivity contribution in [3.63, 3.8) is 0 Å². The minimum absolute atomic E-state index is 0.230. The summed E-state index contributed by atoms with van der Waals surface area (Å²) in [5.74, 6) is 1.36. The third kappa shape index (κ3) is 7.75. The number of halogens is 1. The first-order valence-electron chi connectivity index (χ1n) is 11.7. The number of ether oxygens (including phenoxy) is 1. The molecule has 188 valence electrons. The van der Waals surface area contributed by atoms with E-state index in [-0.39, 0.29) is 25.2 Å². The number of hydrogen-bond acceptors (Lipinski definition) is 3. The molecule has 0 saturated heterocycles. The maximum absolute atomic E-state index is 13.2. The van der Waals surface area contributed by atoms with Gasteiger partial charge < -0.3 is 20.7 Å². The summed E-state index contributed by atoms with van der Waals surface area (Å²) in [5.41, 5.74) is 3.05. The van der Waals surface area contributed by atoms with Crippen LogP contribution in [-0.2, 0) is 0 Å². The zero-order valence-electron chi connectivity index (χ0n) is 20.3. The molecule has 4 aromatic carbocycles. The molecule has 8 heteroatoms. The molecule has 7 nitrogen and oxygen atoms in total. The van der Waals surface area contributed by atoms with Crippen LogP contribution in [0.3, 0.4) is 0 Å². The average Bonchev–Trinajstić information content (AvgIpc) is 2.90. The highest BCUT2D eigenvalue weighted by Crippen LogP contribution is 2.25. The van der Waals surface area contributed by atoms with E-state index in [1.165, 1.54) is 0 Å². The molecule has 0 radical (unpaired) electrons. The maximum Gasteiger partial charge on any atom is 0.326 e. The smallest absolute Gasteiger partial charge is 0.326 e. The number of anilines is 3. The Morgan fingerprint density at radius 3 is 2.03 bits per heavy atom. The summed E-state index contributed by atoms with van der Waals surface area (Å²) in [7, 11) is 0. The highest BCUT2D eigenvalue weighted by atomic mass is 35.5. The van der Waals surface area contributed by atoms with Crippen molar-refractivity contribution >= 4 is 40.7 Å². The number of nitrogens with one attached hydrogen (secondary N) is 3. The van der Waals surface area contributed by atoms with Gasteiger partial charge in [0.25, 0.3) is 0 Å². The van der Waals surface area contributed by atoms with E-state index in [2.05, 4.69) is 16.0 Å². The first kappa shape index (κ1) is 25.6. The number of rotatable bonds is 8. The lowest BCUT2D eigenvalue weighted by Gasteiger charge is -2.24. The largest absolute Gasteiger partial charge is 0.457 e. The number of benzene rings is 4. The van der Waals surface area contributed by atoms with Gasteiger partial charge in [0.2, 0.25) is 0 Å². The number of carbonyl (C=O) groups excluding carboxylic acids is 2. The van der Waals surface area contributed by atoms with Crippen LogP contribution >= 0.6 is 11.6 Å². The van der Waals surface area contributed by atoms with E-state index in [4.69, 9.17) is 16.3 Å². The Balaban J connectivity index is 1.42. The average molecular weight is 515 g/mol. The molecular weight excluding hydrogens is 488 g/mol. The lowest BCUT2D eigenvalue weighted by Crippen LogP contribution is -2.42. The molecular formula is C29H27ClN4O3. The van der Waals surface area contributed by atoms with Crippen LogP contribution in [-0.4, -0.2) is 25.2 Å². The standard InChI is InChI=1S/C29H27ClN4O3/c1-21-7-11-23(12-8-21)32-28(35)31-19-20-34(29(36)33-24-13-9-22(30)10-14-24)25-15-17-27(18-16-25)37-26-5-3-2-4-6-26/h2-18H,19-20H2,1H3,(H,33,36)(H2,31,32,35). The number of para-hydroxylation sites is 1. The van der Waals surface area contributed by atoms with E-state index in [1.54, 1.807) is 53.4 Å². The van der Waals surface area contributed by atoms with Crippen LogP contribution in [0.15, 0.2) is 103 Å². The maximum atomic E-state index is 13.2. The molecule has 4 rings (SSSR count). The van der Waals surface area contributed by atoms with Gasteiger partial charge in [-0.25, -0.2) is 9.59 Å². The van der Waals surface area contributed by atoms with Crippen molar-refractivity contribution in [1.29, 1.82) is 0 Å². The molecule has 0 aliphatic rings. The number of carbonyl (C=O) groups is 2. The molecule has 0 unspecified atom stereocenters. The van der Waals surface area contributed by atoms with Crippen molar-refractivity contribution in [2.24, 2.45) is 0 Å². The Hall–Kier alpha value is -4.49. The third-order valence-electron chi connectivity index (χ3n) is 5.40. The van der Waals surface area contributed by atoms with Gasteiger partial charge >= 0.3 is 12.1 Å². The Kier molecular flexibility index (Phi) is 8.62. The van der Waals surface area contributed by atoms with Gasteiger partial charge in [-0.15, -0.1) is 0 Å². The molecule has 0 atom stereocenters. The van der Waals surface area contributed by atoms with Crippen molar-refractivity contribution in [1.82, 2.24) is 5.32 Å². The number of nitrogens with zero attached hydrogens (tertiary/aromatic N) is 1. The van der Waals surface area contributed by atoms with Crippen molar-refractivity contribution in [3.8, 4) is 11.5 Å². The van der Waals surface area contributed by atoms with Crippen LogP contribution in [0.5, 0.6) is 11.5 Å². The fourth-order valence-corrected chi connectivity index (χ4v) is 3.61. The Morgan fingerprint density at radius 1 is 0.757 bits per heavy atom. The first-order chi connectivity index (χ1) is 18.0. The highest BCUT2D eigenvalue weighted by molar-refractivity contribution is 6.30. The monoisotopic (exact) mass is 514 g/mol. The summed E-state index contributed by atoms with van der Waals surface area (Å²) in [6, 6.07) is 30.3. The zero-order chi connectivity index (χ0) is 26.0. The van der Waals surface area contributed by atoms with Gasteiger partial charge in [-0.1, -0.05) is 47.5 Å². The number of aryl methyl sites for hydroxylation is 1. The molecule has 3 N–H and O–H groups in total. The molecule has 4 aromatic rings. The number of amides is 4. The van der Waals surface area contributed by atoms with Crippen LogP contribution < -0.4 is 25.6 Å². The molecule has 0 aromatic heterocycles. The molecule has 4 amide bonds. The summed E-state index contributed by atoms with van der Waals surface area (Å²) < 4.78 is 5.86. The van der Waals surface area contributed by atoms with Crippen LogP contribution in [0.1, 0.15) is 5.56 Å². The first-order valence-corrected chi connectivity index (χ1v) is 12.1. The van der Waals surface area contributed by atoms with Crippen LogP contribution in [0, 0.1) is 6.92 Å². The predicted octanol–water partition coefficient (Wildman–Crippen LogP) is 7.30. The minimum atomic E-state index is -0.353. The van der Waals surface area contributed by atoms with Crippen molar-refractivity contribution < 1.29 is 14.3 Å². The lowest BCUT2D eigenvalue weighted by molar-refractivity contribution is 0.250. The van der Waals surface area contributed by atoms with Gasteiger partial charge in [-0.3, -0.25) is 4.90 Å². The fraction of sp³-hybridized carbons (Fsp3) is 0.103. The van der Waals surface area contributed by atoms with Crippen molar-refractivity contribution in [2.75, 3.05) is 28.6 Å². The molecule has 0 fully saturated rings. The van der Waals surface area contributed by atoms with E-state index in [0.717, 1.165) is 11.3 Å². The van der Waals surface area contributed by atoms with Crippen LogP contribution in [0.4, 0.5) is 26.7 Å². The van der Waals surface area contributed by atoms with Gasteiger partial charge in [0.15, 0.2) is 0 Å². The normalized spacial score (nSPS) is 10.3. The molecule has 0 aliphatic heterocycles. The SMILES string of the molecule is Cc1ccc(NC(=O)NCCN(C(=O)Nc2ccc(Cl)cc2)c2ccc(Oc3ccccc3)cc2)cc1. The second-order valence-electron chi connectivity index (χ2n) is 8.24. The number of hydrogen-bond donors (Lipinski definition) is 3. The van der Waals surface area contributed by atoms with Crippen LogP contribution in [0.25, 0.3) is 0 Å². The van der Waals surface area contributed by atoms with E-state index >= 15 is 0 Å². The van der Waals surface area contributed by atoms with E-state index in [0.29, 0.717) is 27.8 Å². The van der Waals surface area contributed by atoms with E-state index in [1.807, 2.05) is 61.5 Å². The van der Waals surface area contributed by atoms with Gasteiger partial charge in [0, 0.05) is 35.2 Å². The third-order valence-corrected chi connectivity index (χ3v) is 5.65. The predicted molar refractivity (Wildman–Crippen MR) is 149 cm³/mol. The summed E-state index contributed by atoms with van der Waals surface area (Å²) in [6.45, 7) is 2.45. The summed E-state index contributed by atoms with van der Waals surface area (Å²) in [5, 5.41) is 9.04.